The maximum absolute atomic E-state index is 6.92. The molecule has 0 fully saturated rings. The van der Waals surface area contributed by atoms with Crippen molar-refractivity contribution in [2.45, 2.75) is 13.0 Å². The third kappa shape index (κ3) is 1.85. The Kier molecular flexibility index (Phi) is 1.99. The van der Waals surface area contributed by atoms with Crippen molar-refractivity contribution in [2.24, 2.45) is 5.73 Å². The molecule has 0 amide bonds. The normalized spacial score (nSPS) is 9.60. The Labute approximate surface area is 58.4 Å². The van der Waals surface area contributed by atoms with Gasteiger partial charge in [-0.1, -0.05) is 0 Å². The maximum Gasteiger partial charge on any atom is 0.119 e. The minimum atomic E-state index is 0.189. The van der Waals surface area contributed by atoms with Gasteiger partial charge in [0.2, 0.25) is 0 Å². The van der Waals surface area contributed by atoms with Crippen molar-refractivity contribution in [3.63, 3.8) is 0 Å². The van der Waals surface area contributed by atoms with E-state index in [0.29, 0.717) is 13.0 Å². The molecule has 1 rings (SSSR count). The SMILES string of the molecule is N=C(N)CCn1cnnc1. The number of aromatic nitrogens is 3. The van der Waals surface area contributed by atoms with Crippen LogP contribution in [0.4, 0.5) is 0 Å². The Bertz CT molecular complexity index is 202. The Hall–Kier alpha value is -1.39. The van der Waals surface area contributed by atoms with E-state index in [2.05, 4.69) is 10.2 Å². The Morgan fingerprint density at radius 2 is 2.10 bits per heavy atom. The monoisotopic (exact) mass is 139 g/mol. The van der Waals surface area contributed by atoms with Gasteiger partial charge in [-0.2, -0.15) is 0 Å². The first-order valence-corrected chi connectivity index (χ1v) is 2.94. The van der Waals surface area contributed by atoms with E-state index in [4.69, 9.17) is 11.1 Å². The summed E-state index contributed by atoms with van der Waals surface area (Å²) in [4.78, 5) is 0. The first-order valence-electron chi connectivity index (χ1n) is 2.94. The Balaban J connectivity index is 2.35. The van der Waals surface area contributed by atoms with Gasteiger partial charge in [-0.05, 0) is 0 Å². The topological polar surface area (TPSA) is 80.6 Å². The van der Waals surface area contributed by atoms with Crippen LogP contribution in [0, 0.1) is 5.41 Å². The van der Waals surface area contributed by atoms with Gasteiger partial charge < -0.3 is 10.3 Å². The molecule has 0 saturated heterocycles. The molecule has 0 aliphatic rings. The summed E-state index contributed by atoms with van der Waals surface area (Å²) in [5.41, 5.74) is 5.14. The van der Waals surface area contributed by atoms with E-state index in [-0.39, 0.29) is 5.84 Å². The molecule has 0 atom stereocenters. The number of rotatable bonds is 3. The highest BCUT2D eigenvalue weighted by Gasteiger charge is 1.91. The van der Waals surface area contributed by atoms with Crippen molar-refractivity contribution < 1.29 is 0 Å². The predicted molar refractivity (Wildman–Crippen MR) is 36.6 cm³/mol. The molecule has 54 valence electrons. The van der Waals surface area contributed by atoms with E-state index in [1.54, 1.807) is 17.2 Å². The minimum absolute atomic E-state index is 0.189. The van der Waals surface area contributed by atoms with Crippen LogP contribution in [-0.4, -0.2) is 20.6 Å². The lowest BCUT2D eigenvalue weighted by Crippen LogP contribution is -2.12. The molecule has 5 heteroatoms. The minimum Gasteiger partial charge on any atom is -0.388 e. The number of nitrogens with two attached hydrogens (primary N) is 1. The zero-order valence-electron chi connectivity index (χ0n) is 5.49. The summed E-state index contributed by atoms with van der Waals surface area (Å²) in [6.45, 7) is 0.683. The van der Waals surface area contributed by atoms with Crippen molar-refractivity contribution in [3.05, 3.63) is 12.7 Å². The molecule has 0 saturated carbocycles. The lowest BCUT2D eigenvalue weighted by atomic mass is 10.4. The summed E-state index contributed by atoms with van der Waals surface area (Å²) < 4.78 is 1.78. The van der Waals surface area contributed by atoms with E-state index < -0.39 is 0 Å². The van der Waals surface area contributed by atoms with Crippen LogP contribution in [0.25, 0.3) is 0 Å². The largest absolute Gasteiger partial charge is 0.388 e. The Morgan fingerprint density at radius 1 is 1.50 bits per heavy atom. The highest BCUT2D eigenvalue weighted by Crippen LogP contribution is 1.86. The highest BCUT2D eigenvalue weighted by atomic mass is 15.2. The average molecular weight is 139 g/mol. The summed E-state index contributed by atoms with van der Waals surface area (Å²) in [7, 11) is 0. The summed E-state index contributed by atoms with van der Waals surface area (Å²) in [6, 6.07) is 0. The first kappa shape index (κ1) is 6.73. The van der Waals surface area contributed by atoms with Gasteiger partial charge in [0.25, 0.3) is 0 Å². The van der Waals surface area contributed by atoms with E-state index in [1.165, 1.54) is 0 Å². The zero-order chi connectivity index (χ0) is 7.40. The fourth-order valence-electron chi connectivity index (χ4n) is 0.587. The van der Waals surface area contributed by atoms with Gasteiger partial charge in [0.1, 0.15) is 12.7 Å². The average Bonchev–Trinajstić information content (AvgIpc) is 2.34. The summed E-state index contributed by atoms with van der Waals surface area (Å²) in [6.07, 6.45) is 3.75. The summed E-state index contributed by atoms with van der Waals surface area (Å²) in [5.74, 6) is 0.189. The van der Waals surface area contributed by atoms with Crippen LogP contribution in [-0.2, 0) is 6.54 Å². The van der Waals surface area contributed by atoms with Crippen molar-refractivity contribution in [1.82, 2.24) is 14.8 Å². The maximum atomic E-state index is 6.92. The van der Waals surface area contributed by atoms with Gasteiger partial charge in [0.05, 0.1) is 5.84 Å². The predicted octanol–water partition coefficient (Wildman–Crippen LogP) is -0.396. The van der Waals surface area contributed by atoms with Gasteiger partial charge in [-0.3, -0.25) is 5.41 Å². The zero-order valence-corrected chi connectivity index (χ0v) is 5.49. The smallest absolute Gasteiger partial charge is 0.119 e. The Morgan fingerprint density at radius 3 is 2.60 bits per heavy atom. The standard InChI is InChI=1S/C5H9N5/c6-5(7)1-2-10-3-8-9-4-10/h3-4H,1-2H2,(H3,6,7). The van der Waals surface area contributed by atoms with Crippen molar-refractivity contribution in [1.29, 1.82) is 5.41 Å². The summed E-state index contributed by atoms with van der Waals surface area (Å²) >= 11 is 0. The van der Waals surface area contributed by atoms with E-state index in [1.807, 2.05) is 0 Å². The number of nitrogens with one attached hydrogen (secondary N) is 1. The molecule has 0 aliphatic carbocycles. The highest BCUT2D eigenvalue weighted by molar-refractivity contribution is 5.76. The molecule has 0 aliphatic heterocycles. The molecular weight excluding hydrogens is 130 g/mol. The quantitative estimate of drug-likeness (QED) is 0.442. The lowest BCUT2D eigenvalue weighted by molar-refractivity contribution is 0.718. The number of amidine groups is 1. The third-order valence-corrected chi connectivity index (χ3v) is 1.11. The number of aryl methyl sites for hydroxylation is 1. The van der Waals surface area contributed by atoms with Gasteiger partial charge in [-0.25, -0.2) is 0 Å². The molecule has 0 unspecified atom stereocenters. The molecule has 3 N–H and O–H groups in total. The van der Waals surface area contributed by atoms with Crippen LogP contribution in [0.15, 0.2) is 12.7 Å². The second-order valence-corrected chi connectivity index (χ2v) is 1.97. The number of hydrogen-bond acceptors (Lipinski definition) is 3. The second kappa shape index (κ2) is 2.95. The molecule has 0 aromatic carbocycles. The third-order valence-electron chi connectivity index (χ3n) is 1.11. The molecule has 0 bridgehead atoms. The molecule has 10 heavy (non-hydrogen) atoms. The van der Waals surface area contributed by atoms with Crippen LogP contribution in [0.2, 0.25) is 0 Å². The van der Waals surface area contributed by atoms with Gasteiger partial charge >= 0.3 is 0 Å². The number of nitrogens with zero attached hydrogens (tertiary/aromatic N) is 3. The van der Waals surface area contributed by atoms with Crippen molar-refractivity contribution in [2.75, 3.05) is 0 Å². The van der Waals surface area contributed by atoms with Crippen LogP contribution in [0.3, 0.4) is 0 Å². The van der Waals surface area contributed by atoms with E-state index in [9.17, 15) is 0 Å². The molecular formula is C5H9N5. The lowest BCUT2D eigenvalue weighted by Gasteiger charge is -1.96. The van der Waals surface area contributed by atoms with Gasteiger partial charge in [-0.15, -0.1) is 10.2 Å². The van der Waals surface area contributed by atoms with Crippen LogP contribution >= 0.6 is 0 Å². The summed E-state index contributed by atoms with van der Waals surface area (Å²) in [5, 5.41) is 14.1. The van der Waals surface area contributed by atoms with Crippen LogP contribution < -0.4 is 5.73 Å². The second-order valence-electron chi connectivity index (χ2n) is 1.97. The van der Waals surface area contributed by atoms with Crippen molar-refractivity contribution >= 4 is 5.84 Å². The fourth-order valence-corrected chi connectivity index (χ4v) is 0.587. The van der Waals surface area contributed by atoms with Gasteiger partial charge in [0, 0.05) is 13.0 Å². The first-order chi connectivity index (χ1) is 4.79. The molecule has 5 nitrogen and oxygen atoms in total. The fraction of sp³-hybridized carbons (Fsp3) is 0.400. The van der Waals surface area contributed by atoms with E-state index >= 15 is 0 Å². The van der Waals surface area contributed by atoms with Gasteiger partial charge in [0.15, 0.2) is 0 Å². The molecule has 1 aromatic heterocycles. The van der Waals surface area contributed by atoms with E-state index in [0.717, 1.165) is 0 Å². The van der Waals surface area contributed by atoms with Crippen LogP contribution in [0.1, 0.15) is 6.42 Å². The molecule has 1 aromatic rings. The molecule has 1 heterocycles. The number of hydrogen-bond donors (Lipinski definition) is 2. The van der Waals surface area contributed by atoms with Crippen LogP contribution in [0.5, 0.6) is 0 Å². The van der Waals surface area contributed by atoms with Crippen molar-refractivity contribution in [3.8, 4) is 0 Å². The molecule has 0 spiro atoms. The molecule has 0 radical (unpaired) electrons.